The van der Waals surface area contributed by atoms with Gasteiger partial charge in [0.15, 0.2) is 5.96 Å². The van der Waals surface area contributed by atoms with Gasteiger partial charge in [-0.15, -0.1) is 35.3 Å². The van der Waals surface area contributed by atoms with Gasteiger partial charge in [-0.05, 0) is 42.5 Å². The van der Waals surface area contributed by atoms with Crippen molar-refractivity contribution in [3.63, 3.8) is 0 Å². The van der Waals surface area contributed by atoms with Gasteiger partial charge in [0.1, 0.15) is 0 Å². The summed E-state index contributed by atoms with van der Waals surface area (Å²) in [6.07, 6.45) is 1.39. The molecule has 1 heterocycles. The minimum atomic E-state index is 0. The van der Waals surface area contributed by atoms with Gasteiger partial charge in [-0.25, -0.2) is 4.99 Å². The molecule has 1 unspecified atom stereocenters. The maximum absolute atomic E-state index is 11.8. The van der Waals surface area contributed by atoms with Gasteiger partial charge in [0.25, 0.3) is 0 Å². The van der Waals surface area contributed by atoms with Crippen LogP contribution in [-0.2, 0) is 11.3 Å². The van der Waals surface area contributed by atoms with E-state index in [4.69, 9.17) is 0 Å². The van der Waals surface area contributed by atoms with E-state index in [1.165, 1.54) is 4.88 Å². The average Bonchev–Trinajstić information content (AvgIpc) is 3.19. The summed E-state index contributed by atoms with van der Waals surface area (Å²) in [4.78, 5) is 17.8. The first-order valence-electron chi connectivity index (χ1n) is 9.56. The number of carbonyl (C=O) groups is 1. The lowest BCUT2D eigenvalue weighted by Gasteiger charge is -2.15. The zero-order chi connectivity index (χ0) is 19.5. The SMILES string of the molecule is CCCC(=O)Nc1cccc(CN=C(NCC)NCC(C)c2cccs2)c1.I. The molecule has 0 aliphatic rings. The first-order chi connectivity index (χ1) is 13.1. The number of hydrogen-bond acceptors (Lipinski definition) is 3. The Labute approximate surface area is 189 Å². The fraction of sp³-hybridized carbons (Fsp3) is 0.429. The number of benzene rings is 1. The topological polar surface area (TPSA) is 65.5 Å². The van der Waals surface area contributed by atoms with Gasteiger partial charge in [0.05, 0.1) is 6.54 Å². The van der Waals surface area contributed by atoms with Crippen LogP contribution in [0.3, 0.4) is 0 Å². The summed E-state index contributed by atoms with van der Waals surface area (Å²) in [5.41, 5.74) is 1.89. The summed E-state index contributed by atoms with van der Waals surface area (Å²) in [6.45, 7) is 8.47. The van der Waals surface area contributed by atoms with Crippen molar-refractivity contribution < 1.29 is 4.79 Å². The van der Waals surface area contributed by atoms with Gasteiger partial charge in [0.2, 0.25) is 5.91 Å². The predicted octanol–water partition coefficient (Wildman–Crippen LogP) is 4.96. The van der Waals surface area contributed by atoms with E-state index in [0.29, 0.717) is 18.9 Å². The van der Waals surface area contributed by atoms with Crippen molar-refractivity contribution in [1.29, 1.82) is 0 Å². The lowest BCUT2D eigenvalue weighted by atomic mass is 10.1. The summed E-state index contributed by atoms with van der Waals surface area (Å²) in [5.74, 6) is 1.29. The number of thiophene rings is 1. The minimum absolute atomic E-state index is 0. The number of aliphatic imine (C=N–C) groups is 1. The third-order valence-electron chi connectivity index (χ3n) is 4.06. The Balaban J connectivity index is 0.00000392. The molecule has 0 bridgehead atoms. The number of nitrogens with one attached hydrogen (secondary N) is 3. The Morgan fingerprint density at radius 2 is 2.00 bits per heavy atom. The number of hydrogen-bond donors (Lipinski definition) is 3. The number of halogens is 1. The molecule has 2 aromatic rings. The fourth-order valence-corrected chi connectivity index (χ4v) is 3.42. The van der Waals surface area contributed by atoms with E-state index in [1.807, 2.05) is 31.2 Å². The van der Waals surface area contributed by atoms with Crippen LogP contribution in [0, 0.1) is 0 Å². The molecule has 154 valence electrons. The van der Waals surface area contributed by atoms with E-state index in [9.17, 15) is 4.79 Å². The lowest BCUT2D eigenvalue weighted by molar-refractivity contribution is -0.116. The molecule has 0 fully saturated rings. The Kier molecular flexibility index (Phi) is 11.8. The van der Waals surface area contributed by atoms with Gasteiger partial charge in [-0.3, -0.25) is 4.79 Å². The molecule has 1 aromatic heterocycles. The van der Waals surface area contributed by atoms with Crippen LogP contribution < -0.4 is 16.0 Å². The molecule has 0 saturated carbocycles. The molecule has 28 heavy (non-hydrogen) atoms. The van der Waals surface area contributed by atoms with E-state index in [1.54, 1.807) is 11.3 Å². The van der Waals surface area contributed by atoms with Crippen LogP contribution >= 0.6 is 35.3 Å². The van der Waals surface area contributed by atoms with Crippen LogP contribution in [0.1, 0.15) is 50.0 Å². The molecule has 5 nitrogen and oxygen atoms in total. The third-order valence-corrected chi connectivity index (χ3v) is 5.16. The highest BCUT2D eigenvalue weighted by Gasteiger charge is 2.07. The number of carbonyl (C=O) groups excluding carboxylic acids is 1. The number of amides is 1. The molecule has 3 N–H and O–H groups in total. The Hall–Kier alpha value is -1.61. The molecule has 1 aromatic carbocycles. The first kappa shape index (κ1) is 24.4. The average molecular weight is 514 g/mol. The smallest absolute Gasteiger partial charge is 0.224 e. The second-order valence-corrected chi connectivity index (χ2v) is 7.47. The van der Waals surface area contributed by atoms with E-state index in [0.717, 1.165) is 36.7 Å². The molecule has 0 saturated heterocycles. The Bertz CT molecular complexity index is 734. The normalized spacial score (nSPS) is 12.0. The monoisotopic (exact) mass is 514 g/mol. The molecule has 1 atom stereocenters. The van der Waals surface area contributed by atoms with Crippen molar-refractivity contribution in [2.24, 2.45) is 4.99 Å². The molecule has 0 spiro atoms. The number of anilines is 1. The molecular formula is C21H31IN4OS. The van der Waals surface area contributed by atoms with Crippen LogP contribution in [-0.4, -0.2) is 25.0 Å². The molecule has 0 aliphatic heterocycles. The first-order valence-corrected chi connectivity index (χ1v) is 10.4. The van der Waals surface area contributed by atoms with Crippen molar-refractivity contribution in [3.05, 3.63) is 52.2 Å². The van der Waals surface area contributed by atoms with Crippen LogP contribution in [0.5, 0.6) is 0 Å². The fourth-order valence-electron chi connectivity index (χ4n) is 2.63. The number of rotatable bonds is 9. The molecule has 0 aliphatic carbocycles. The largest absolute Gasteiger partial charge is 0.357 e. The molecule has 7 heteroatoms. The van der Waals surface area contributed by atoms with Crippen LogP contribution in [0.15, 0.2) is 46.8 Å². The number of nitrogens with zero attached hydrogens (tertiary/aromatic N) is 1. The van der Waals surface area contributed by atoms with Gasteiger partial charge in [-0.1, -0.05) is 32.0 Å². The highest BCUT2D eigenvalue weighted by atomic mass is 127. The summed E-state index contributed by atoms with van der Waals surface area (Å²) >= 11 is 1.78. The lowest BCUT2D eigenvalue weighted by Crippen LogP contribution is -2.39. The molecule has 2 rings (SSSR count). The highest BCUT2D eigenvalue weighted by Crippen LogP contribution is 2.19. The summed E-state index contributed by atoms with van der Waals surface area (Å²) in [5, 5.41) is 11.8. The summed E-state index contributed by atoms with van der Waals surface area (Å²) in [7, 11) is 0. The van der Waals surface area contributed by atoms with Gasteiger partial charge in [-0.2, -0.15) is 0 Å². The van der Waals surface area contributed by atoms with Crippen molar-refractivity contribution in [2.75, 3.05) is 18.4 Å². The van der Waals surface area contributed by atoms with Crippen LogP contribution in [0.25, 0.3) is 0 Å². The highest BCUT2D eigenvalue weighted by molar-refractivity contribution is 14.0. The third kappa shape index (κ3) is 8.60. The minimum Gasteiger partial charge on any atom is -0.357 e. The second-order valence-electron chi connectivity index (χ2n) is 6.49. The van der Waals surface area contributed by atoms with Gasteiger partial charge in [0, 0.05) is 36.0 Å². The maximum Gasteiger partial charge on any atom is 0.224 e. The second kappa shape index (κ2) is 13.5. The molecule has 0 radical (unpaired) electrons. The van der Waals surface area contributed by atoms with Crippen molar-refractivity contribution in [1.82, 2.24) is 10.6 Å². The van der Waals surface area contributed by atoms with Crippen molar-refractivity contribution in [2.45, 2.75) is 46.1 Å². The maximum atomic E-state index is 11.8. The van der Waals surface area contributed by atoms with Gasteiger partial charge >= 0.3 is 0 Å². The number of guanidine groups is 1. The Morgan fingerprint density at radius 1 is 1.18 bits per heavy atom. The van der Waals surface area contributed by atoms with E-state index in [2.05, 4.69) is 52.3 Å². The van der Waals surface area contributed by atoms with Crippen LogP contribution in [0.2, 0.25) is 0 Å². The molecule has 1 amide bonds. The Morgan fingerprint density at radius 3 is 2.68 bits per heavy atom. The van der Waals surface area contributed by atoms with Crippen molar-refractivity contribution in [3.8, 4) is 0 Å². The quantitative estimate of drug-likeness (QED) is 0.252. The van der Waals surface area contributed by atoms with Crippen molar-refractivity contribution >= 4 is 52.9 Å². The summed E-state index contributed by atoms with van der Waals surface area (Å²) < 4.78 is 0. The van der Waals surface area contributed by atoms with E-state index < -0.39 is 0 Å². The van der Waals surface area contributed by atoms with Gasteiger partial charge < -0.3 is 16.0 Å². The summed E-state index contributed by atoms with van der Waals surface area (Å²) in [6, 6.07) is 12.1. The van der Waals surface area contributed by atoms with E-state index >= 15 is 0 Å². The zero-order valence-electron chi connectivity index (χ0n) is 16.8. The predicted molar refractivity (Wildman–Crippen MR) is 131 cm³/mol. The zero-order valence-corrected chi connectivity index (χ0v) is 20.0. The van der Waals surface area contributed by atoms with Crippen LogP contribution in [0.4, 0.5) is 5.69 Å². The molecular weight excluding hydrogens is 483 g/mol. The van der Waals surface area contributed by atoms with E-state index in [-0.39, 0.29) is 29.9 Å². The standard InChI is InChI=1S/C21H30N4OS.HI/c1-4-8-20(26)25-18-10-6-9-17(13-18)15-24-21(22-5-2)23-14-16(3)19-11-7-12-27-19;/h6-7,9-13,16H,4-5,8,14-15H2,1-3H3,(H,25,26)(H2,22,23,24);1H.